The van der Waals surface area contributed by atoms with Crippen LogP contribution in [-0.2, 0) is 16.3 Å². The predicted molar refractivity (Wildman–Crippen MR) is 76.6 cm³/mol. The summed E-state index contributed by atoms with van der Waals surface area (Å²) in [6, 6.07) is 14.3. The van der Waals surface area contributed by atoms with Crippen LogP contribution in [0.3, 0.4) is 0 Å². The third-order valence-electron chi connectivity index (χ3n) is 3.18. The minimum atomic E-state index is -3.56. The normalized spacial score (nSPS) is 13.1. The lowest BCUT2D eigenvalue weighted by Crippen LogP contribution is -2.32. The van der Waals surface area contributed by atoms with Gasteiger partial charge in [-0.25, -0.2) is 12.8 Å². The molecule has 0 saturated carbocycles. The van der Waals surface area contributed by atoms with E-state index in [4.69, 9.17) is 5.73 Å². The van der Waals surface area contributed by atoms with Crippen LogP contribution in [0.5, 0.6) is 0 Å². The summed E-state index contributed by atoms with van der Waals surface area (Å²) in [6.45, 7) is -0.0500. The van der Waals surface area contributed by atoms with Gasteiger partial charge in [0, 0.05) is 6.54 Å². The van der Waals surface area contributed by atoms with Crippen molar-refractivity contribution in [1.82, 2.24) is 0 Å². The van der Waals surface area contributed by atoms with Gasteiger partial charge in [-0.05, 0) is 30.2 Å². The van der Waals surface area contributed by atoms with Crippen LogP contribution in [0.15, 0.2) is 59.5 Å². The molecule has 0 fully saturated rings. The van der Waals surface area contributed by atoms with Crippen molar-refractivity contribution in [1.29, 1.82) is 0 Å². The van der Waals surface area contributed by atoms with Crippen LogP contribution >= 0.6 is 0 Å². The SMILES string of the molecule is NCC(Cc1ccccc1F)S(=O)(=O)c1ccccc1. The average Bonchev–Trinajstić information content (AvgIpc) is 2.47. The van der Waals surface area contributed by atoms with Crippen LogP contribution in [0.2, 0.25) is 0 Å². The lowest BCUT2D eigenvalue weighted by atomic mass is 10.1. The molecule has 2 rings (SSSR count). The molecule has 0 bridgehead atoms. The highest BCUT2D eigenvalue weighted by Crippen LogP contribution is 2.19. The van der Waals surface area contributed by atoms with E-state index in [0.29, 0.717) is 5.56 Å². The number of rotatable bonds is 5. The van der Waals surface area contributed by atoms with Gasteiger partial charge in [-0.1, -0.05) is 36.4 Å². The van der Waals surface area contributed by atoms with Gasteiger partial charge in [0.15, 0.2) is 9.84 Å². The van der Waals surface area contributed by atoms with E-state index >= 15 is 0 Å². The first-order valence-corrected chi connectivity index (χ1v) is 7.82. The molecule has 0 amide bonds. The van der Waals surface area contributed by atoms with Crippen molar-refractivity contribution in [2.24, 2.45) is 5.73 Å². The van der Waals surface area contributed by atoms with E-state index in [0.717, 1.165) is 0 Å². The van der Waals surface area contributed by atoms with Crippen molar-refractivity contribution >= 4 is 9.84 Å². The van der Waals surface area contributed by atoms with E-state index in [1.165, 1.54) is 18.2 Å². The Labute approximate surface area is 118 Å². The first kappa shape index (κ1) is 14.7. The summed E-state index contributed by atoms with van der Waals surface area (Å²) in [7, 11) is -3.56. The fraction of sp³-hybridized carbons (Fsp3) is 0.200. The third kappa shape index (κ3) is 3.05. The van der Waals surface area contributed by atoms with Gasteiger partial charge >= 0.3 is 0 Å². The molecular formula is C15H16FNO2S. The fourth-order valence-corrected chi connectivity index (χ4v) is 3.61. The van der Waals surface area contributed by atoms with Gasteiger partial charge in [0.1, 0.15) is 5.82 Å². The zero-order valence-electron chi connectivity index (χ0n) is 10.9. The maximum Gasteiger partial charge on any atom is 0.182 e. The second kappa shape index (κ2) is 6.15. The van der Waals surface area contributed by atoms with Crippen molar-refractivity contribution in [3.63, 3.8) is 0 Å². The molecule has 2 aromatic rings. The number of hydrogen-bond donors (Lipinski definition) is 1. The maximum absolute atomic E-state index is 13.6. The van der Waals surface area contributed by atoms with E-state index in [9.17, 15) is 12.8 Å². The van der Waals surface area contributed by atoms with Crippen LogP contribution < -0.4 is 5.73 Å². The van der Waals surface area contributed by atoms with Crippen molar-refractivity contribution in [3.8, 4) is 0 Å². The quantitative estimate of drug-likeness (QED) is 0.919. The van der Waals surface area contributed by atoms with Gasteiger partial charge in [-0.15, -0.1) is 0 Å². The molecule has 0 aromatic heterocycles. The van der Waals surface area contributed by atoms with Gasteiger partial charge in [0.05, 0.1) is 10.1 Å². The Kier molecular flexibility index (Phi) is 4.52. The van der Waals surface area contributed by atoms with E-state index in [2.05, 4.69) is 0 Å². The Morgan fingerprint density at radius 3 is 2.20 bits per heavy atom. The summed E-state index contributed by atoms with van der Waals surface area (Å²) < 4.78 is 38.6. The fourth-order valence-electron chi connectivity index (χ4n) is 2.03. The van der Waals surface area contributed by atoms with Crippen LogP contribution in [0, 0.1) is 5.82 Å². The third-order valence-corrected chi connectivity index (χ3v) is 5.34. The molecule has 0 aliphatic carbocycles. The largest absolute Gasteiger partial charge is 0.329 e. The van der Waals surface area contributed by atoms with Crippen LogP contribution in [0.1, 0.15) is 5.56 Å². The van der Waals surface area contributed by atoms with Crippen molar-refractivity contribution in [3.05, 3.63) is 66.0 Å². The average molecular weight is 293 g/mol. The molecule has 2 aromatic carbocycles. The lowest BCUT2D eigenvalue weighted by molar-refractivity contribution is 0.570. The van der Waals surface area contributed by atoms with Gasteiger partial charge < -0.3 is 5.73 Å². The molecule has 2 N–H and O–H groups in total. The number of benzene rings is 2. The van der Waals surface area contributed by atoms with E-state index in [1.54, 1.807) is 36.4 Å². The minimum Gasteiger partial charge on any atom is -0.329 e. The Bertz CT molecular complexity index is 671. The van der Waals surface area contributed by atoms with Crippen LogP contribution in [-0.4, -0.2) is 20.2 Å². The van der Waals surface area contributed by atoms with Crippen molar-refractivity contribution in [2.45, 2.75) is 16.6 Å². The molecule has 1 unspecified atom stereocenters. The highest BCUT2D eigenvalue weighted by molar-refractivity contribution is 7.92. The van der Waals surface area contributed by atoms with Crippen LogP contribution in [0.25, 0.3) is 0 Å². The molecule has 3 nitrogen and oxygen atoms in total. The van der Waals surface area contributed by atoms with Crippen LogP contribution in [0.4, 0.5) is 4.39 Å². The molecule has 0 radical (unpaired) electrons. The van der Waals surface area contributed by atoms with Gasteiger partial charge in [0.2, 0.25) is 0 Å². The van der Waals surface area contributed by atoms with Gasteiger partial charge in [-0.3, -0.25) is 0 Å². The standard InChI is InChI=1S/C15H16FNO2S/c16-15-9-5-4-6-12(15)10-14(11-17)20(18,19)13-7-2-1-3-8-13/h1-9,14H,10-11,17H2. The Morgan fingerprint density at radius 1 is 1.00 bits per heavy atom. The first-order chi connectivity index (χ1) is 9.55. The molecular weight excluding hydrogens is 277 g/mol. The van der Waals surface area contributed by atoms with E-state index in [-0.39, 0.29) is 17.9 Å². The Hall–Kier alpha value is -1.72. The van der Waals surface area contributed by atoms with E-state index < -0.39 is 20.9 Å². The van der Waals surface area contributed by atoms with Gasteiger partial charge in [0.25, 0.3) is 0 Å². The summed E-state index contributed by atoms with van der Waals surface area (Å²) >= 11 is 0. The molecule has 0 heterocycles. The summed E-state index contributed by atoms with van der Waals surface area (Å²) in [4.78, 5) is 0.215. The molecule has 20 heavy (non-hydrogen) atoms. The zero-order chi connectivity index (χ0) is 14.6. The van der Waals surface area contributed by atoms with Crippen molar-refractivity contribution in [2.75, 3.05) is 6.54 Å². The number of hydrogen-bond acceptors (Lipinski definition) is 3. The zero-order valence-corrected chi connectivity index (χ0v) is 11.7. The topological polar surface area (TPSA) is 60.2 Å². The van der Waals surface area contributed by atoms with Gasteiger partial charge in [-0.2, -0.15) is 0 Å². The molecule has 5 heteroatoms. The maximum atomic E-state index is 13.6. The summed E-state index contributed by atoms with van der Waals surface area (Å²) in [5, 5.41) is -0.832. The summed E-state index contributed by atoms with van der Waals surface area (Å²) in [5.74, 6) is -0.408. The monoisotopic (exact) mass is 293 g/mol. The highest BCUT2D eigenvalue weighted by Gasteiger charge is 2.27. The van der Waals surface area contributed by atoms with Crippen molar-refractivity contribution < 1.29 is 12.8 Å². The Morgan fingerprint density at radius 2 is 1.60 bits per heavy atom. The summed E-state index contributed by atoms with van der Waals surface area (Å²) in [5.41, 5.74) is 5.96. The number of halogens is 1. The molecule has 0 aliphatic heterocycles. The predicted octanol–water partition coefficient (Wildman–Crippen LogP) is 2.17. The van der Waals surface area contributed by atoms with E-state index in [1.807, 2.05) is 0 Å². The second-order valence-corrected chi connectivity index (χ2v) is 6.74. The number of sulfone groups is 1. The Balaban J connectivity index is 2.32. The first-order valence-electron chi connectivity index (χ1n) is 6.28. The molecule has 0 saturated heterocycles. The summed E-state index contributed by atoms with van der Waals surface area (Å²) in [6.07, 6.45) is 0.0698. The second-order valence-electron chi connectivity index (χ2n) is 4.51. The molecule has 1 atom stereocenters. The molecule has 106 valence electrons. The number of nitrogens with two attached hydrogens (primary N) is 1. The minimum absolute atomic E-state index is 0.0500. The molecule has 0 aliphatic rings. The lowest BCUT2D eigenvalue weighted by Gasteiger charge is -2.16. The smallest absolute Gasteiger partial charge is 0.182 e. The molecule has 0 spiro atoms. The highest BCUT2D eigenvalue weighted by atomic mass is 32.2.